The molecule has 3 rings (SSSR count). The van der Waals surface area contributed by atoms with Crippen LogP contribution in [-0.4, -0.2) is 26.9 Å². The predicted molar refractivity (Wildman–Crippen MR) is 68.8 cm³/mol. The van der Waals surface area contributed by atoms with E-state index < -0.39 is 0 Å². The number of benzene rings is 1. The molecule has 1 aromatic rings. The van der Waals surface area contributed by atoms with Crippen molar-refractivity contribution in [3.05, 3.63) is 16.7 Å². The zero-order valence-corrected chi connectivity index (χ0v) is 10.8. The monoisotopic (exact) mass is 249 g/mol. The summed E-state index contributed by atoms with van der Waals surface area (Å²) in [6.07, 6.45) is 3.80. The van der Waals surface area contributed by atoms with Gasteiger partial charge in [0.1, 0.15) is 5.75 Å². The van der Waals surface area contributed by atoms with Gasteiger partial charge in [0.25, 0.3) is 0 Å². The Bertz CT molecular complexity index is 436. The maximum atomic E-state index is 5.82. The van der Waals surface area contributed by atoms with Crippen molar-refractivity contribution in [2.75, 3.05) is 26.9 Å². The summed E-state index contributed by atoms with van der Waals surface area (Å²) >= 11 is 0. The Morgan fingerprint density at radius 2 is 1.83 bits per heavy atom. The highest BCUT2D eigenvalue weighted by Crippen LogP contribution is 2.49. The molecule has 0 spiro atoms. The Hall–Kier alpha value is -1.42. The van der Waals surface area contributed by atoms with Crippen molar-refractivity contribution >= 4 is 0 Å². The van der Waals surface area contributed by atoms with Gasteiger partial charge in [-0.15, -0.1) is 0 Å². The van der Waals surface area contributed by atoms with Crippen molar-refractivity contribution in [3.63, 3.8) is 0 Å². The first-order valence-electron chi connectivity index (χ1n) is 6.57. The van der Waals surface area contributed by atoms with Gasteiger partial charge in [-0.3, -0.25) is 0 Å². The van der Waals surface area contributed by atoms with Gasteiger partial charge in [0, 0.05) is 29.5 Å². The molecule has 0 unspecified atom stereocenters. The summed E-state index contributed by atoms with van der Waals surface area (Å²) in [5.74, 6) is 2.85. The fourth-order valence-corrected chi connectivity index (χ4v) is 2.92. The van der Waals surface area contributed by atoms with Crippen LogP contribution < -0.4 is 19.9 Å². The Morgan fingerprint density at radius 3 is 2.56 bits per heavy atom. The largest absolute Gasteiger partial charge is 0.493 e. The molecule has 1 aromatic carbocycles. The third kappa shape index (κ3) is 1.63. The van der Waals surface area contributed by atoms with Gasteiger partial charge < -0.3 is 19.9 Å². The molecule has 4 heteroatoms. The van der Waals surface area contributed by atoms with Crippen molar-refractivity contribution in [1.82, 2.24) is 0 Å². The van der Waals surface area contributed by atoms with E-state index in [1.54, 1.807) is 7.11 Å². The zero-order chi connectivity index (χ0) is 12.5. The standard InChI is InChI=1S/C14H19NO3/c1-16-13-11-5-8-17-12(11)9(3-2-6-15)10-4-7-18-14(10)13/h2-8,15H2,1H3. The highest BCUT2D eigenvalue weighted by molar-refractivity contribution is 5.65. The average Bonchev–Trinajstić information content (AvgIpc) is 3.02. The minimum Gasteiger partial charge on any atom is -0.493 e. The van der Waals surface area contributed by atoms with Gasteiger partial charge in [-0.2, -0.15) is 0 Å². The van der Waals surface area contributed by atoms with E-state index in [0.29, 0.717) is 6.54 Å². The summed E-state index contributed by atoms with van der Waals surface area (Å²) in [4.78, 5) is 0. The molecule has 2 aliphatic heterocycles. The van der Waals surface area contributed by atoms with Gasteiger partial charge in [-0.05, 0) is 19.4 Å². The number of hydrogen-bond acceptors (Lipinski definition) is 4. The van der Waals surface area contributed by atoms with E-state index in [9.17, 15) is 0 Å². The summed E-state index contributed by atoms with van der Waals surface area (Å²) in [6.45, 7) is 2.19. The lowest BCUT2D eigenvalue weighted by Gasteiger charge is -2.16. The van der Waals surface area contributed by atoms with E-state index in [0.717, 1.165) is 56.1 Å². The zero-order valence-electron chi connectivity index (χ0n) is 10.8. The van der Waals surface area contributed by atoms with Gasteiger partial charge in [0.15, 0.2) is 11.5 Å². The second-order valence-electron chi connectivity index (χ2n) is 4.72. The summed E-state index contributed by atoms with van der Waals surface area (Å²) in [7, 11) is 1.70. The number of hydrogen-bond donors (Lipinski definition) is 1. The molecule has 0 aliphatic carbocycles. The molecule has 0 radical (unpaired) electrons. The molecule has 0 saturated carbocycles. The lowest BCUT2D eigenvalue weighted by Crippen LogP contribution is -2.04. The topological polar surface area (TPSA) is 53.7 Å². The van der Waals surface area contributed by atoms with Crippen LogP contribution in [0.2, 0.25) is 0 Å². The molecule has 2 aliphatic rings. The van der Waals surface area contributed by atoms with E-state index in [2.05, 4.69) is 0 Å². The van der Waals surface area contributed by atoms with Crippen LogP contribution >= 0.6 is 0 Å². The van der Waals surface area contributed by atoms with Gasteiger partial charge in [-0.1, -0.05) is 0 Å². The first kappa shape index (κ1) is 11.7. The second kappa shape index (κ2) is 4.69. The lowest BCUT2D eigenvalue weighted by molar-refractivity contribution is 0.324. The van der Waals surface area contributed by atoms with E-state index in [-0.39, 0.29) is 0 Å². The van der Waals surface area contributed by atoms with E-state index in [1.165, 1.54) is 16.7 Å². The summed E-state index contributed by atoms with van der Waals surface area (Å²) in [5, 5.41) is 0. The predicted octanol–water partition coefficient (Wildman–Crippen LogP) is 1.46. The number of rotatable bonds is 4. The lowest BCUT2D eigenvalue weighted by atomic mass is 9.95. The maximum Gasteiger partial charge on any atom is 0.168 e. The number of methoxy groups -OCH3 is 1. The van der Waals surface area contributed by atoms with Crippen molar-refractivity contribution < 1.29 is 14.2 Å². The van der Waals surface area contributed by atoms with E-state index in [1.807, 2.05) is 0 Å². The van der Waals surface area contributed by atoms with Crippen molar-refractivity contribution in [3.8, 4) is 17.2 Å². The van der Waals surface area contributed by atoms with Crippen molar-refractivity contribution in [2.24, 2.45) is 5.73 Å². The van der Waals surface area contributed by atoms with Gasteiger partial charge >= 0.3 is 0 Å². The Labute approximate surface area is 107 Å². The molecular weight excluding hydrogens is 230 g/mol. The molecule has 2 heterocycles. The van der Waals surface area contributed by atoms with E-state index in [4.69, 9.17) is 19.9 Å². The molecule has 0 atom stereocenters. The van der Waals surface area contributed by atoms with Crippen LogP contribution in [0, 0.1) is 0 Å². The quantitative estimate of drug-likeness (QED) is 0.877. The maximum absolute atomic E-state index is 5.82. The van der Waals surface area contributed by atoms with Crippen LogP contribution in [0.4, 0.5) is 0 Å². The van der Waals surface area contributed by atoms with Crippen LogP contribution in [0.25, 0.3) is 0 Å². The molecule has 0 amide bonds. The van der Waals surface area contributed by atoms with Gasteiger partial charge in [-0.25, -0.2) is 0 Å². The summed E-state index contributed by atoms with van der Waals surface area (Å²) in [6, 6.07) is 0. The molecule has 0 fully saturated rings. The highest BCUT2D eigenvalue weighted by Gasteiger charge is 2.31. The molecule has 0 bridgehead atoms. The molecule has 18 heavy (non-hydrogen) atoms. The van der Waals surface area contributed by atoms with Gasteiger partial charge in [0.2, 0.25) is 0 Å². The van der Waals surface area contributed by atoms with Crippen LogP contribution in [-0.2, 0) is 19.3 Å². The third-order valence-corrected chi connectivity index (χ3v) is 3.70. The summed E-state index contributed by atoms with van der Waals surface area (Å²) in [5.41, 5.74) is 9.36. The molecule has 0 aromatic heterocycles. The molecule has 2 N–H and O–H groups in total. The van der Waals surface area contributed by atoms with Crippen LogP contribution in [0.5, 0.6) is 17.2 Å². The smallest absolute Gasteiger partial charge is 0.168 e. The van der Waals surface area contributed by atoms with Crippen molar-refractivity contribution in [2.45, 2.75) is 25.7 Å². The fraction of sp³-hybridized carbons (Fsp3) is 0.571. The molecule has 4 nitrogen and oxygen atoms in total. The molecule has 0 saturated heterocycles. The van der Waals surface area contributed by atoms with Crippen LogP contribution in [0.3, 0.4) is 0 Å². The van der Waals surface area contributed by atoms with E-state index >= 15 is 0 Å². The highest BCUT2D eigenvalue weighted by atomic mass is 16.5. The Balaban J connectivity index is 2.13. The fourth-order valence-electron chi connectivity index (χ4n) is 2.92. The molecule has 98 valence electrons. The molecular formula is C14H19NO3. The second-order valence-corrected chi connectivity index (χ2v) is 4.72. The number of fused-ring (bicyclic) bond motifs is 2. The first-order chi connectivity index (χ1) is 8.86. The number of nitrogens with two attached hydrogens (primary N) is 1. The van der Waals surface area contributed by atoms with Crippen molar-refractivity contribution in [1.29, 1.82) is 0 Å². The average molecular weight is 249 g/mol. The van der Waals surface area contributed by atoms with Crippen LogP contribution in [0.15, 0.2) is 0 Å². The van der Waals surface area contributed by atoms with Crippen LogP contribution in [0.1, 0.15) is 23.1 Å². The Morgan fingerprint density at radius 1 is 1.11 bits per heavy atom. The first-order valence-corrected chi connectivity index (χ1v) is 6.57. The summed E-state index contributed by atoms with van der Waals surface area (Å²) < 4.78 is 17.1. The SMILES string of the molecule is COc1c2c(c(CCCN)c3c1OCC3)OCC2. The normalized spacial score (nSPS) is 15.9. The number of ether oxygens (including phenoxy) is 3. The minimum absolute atomic E-state index is 0.705. The third-order valence-electron chi connectivity index (χ3n) is 3.70. The minimum atomic E-state index is 0.705. The Kier molecular flexibility index (Phi) is 3.04. The van der Waals surface area contributed by atoms with Gasteiger partial charge in [0.05, 0.1) is 20.3 Å².